The normalized spacial score (nSPS) is 11.3. The molecule has 0 saturated carbocycles. The summed E-state index contributed by atoms with van der Waals surface area (Å²) in [5.74, 6) is 2.02. The van der Waals surface area contributed by atoms with Crippen LogP contribution in [0.3, 0.4) is 0 Å². The van der Waals surface area contributed by atoms with Gasteiger partial charge in [-0.1, -0.05) is 0 Å². The number of methoxy groups -OCH3 is 4. The summed E-state index contributed by atoms with van der Waals surface area (Å²) >= 11 is 5.58. The van der Waals surface area contributed by atoms with E-state index in [0.717, 1.165) is 16.5 Å². The Labute approximate surface area is 186 Å². The van der Waals surface area contributed by atoms with Crippen LogP contribution < -0.4 is 23.7 Å². The number of aromatic nitrogens is 1. The third-order valence-electron chi connectivity index (χ3n) is 4.73. The van der Waals surface area contributed by atoms with Crippen LogP contribution in [0.2, 0.25) is 0 Å². The molecule has 166 valence electrons. The Kier molecular flexibility index (Phi) is 6.97. The fourth-order valence-corrected chi connectivity index (χ4v) is 3.98. The number of fused-ring (bicyclic) bond motifs is 1. The number of alkyl halides is 1. The van der Waals surface area contributed by atoms with E-state index in [1.807, 2.05) is 18.2 Å². The largest absolute Gasteiger partial charge is 0.493 e. The van der Waals surface area contributed by atoms with Crippen molar-refractivity contribution < 1.29 is 27.4 Å². The number of hydrogen-bond donors (Lipinski definition) is 1. The zero-order valence-corrected chi connectivity index (χ0v) is 19.1. The molecule has 1 N–H and O–H groups in total. The predicted octanol–water partition coefficient (Wildman–Crippen LogP) is 3.80. The first kappa shape index (κ1) is 22.8. The highest BCUT2D eigenvalue weighted by atomic mass is 35.5. The average molecular weight is 467 g/mol. The fraction of sp³-hybridized carbons (Fsp3) is 0.286. The van der Waals surface area contributed by atoms with Gasteiger partial charge in [0.2, 0.25) is 10.0 Å². The molecule has 0 radical (unpaired) electrons. The number of pyridine rings is 1. The summed E-state index contributed by atoms with van der Waals surface area (Å²) < 4.78 is 48.3. The Morgan fingerprint density at radius 2 is 1.48 bits per heavy atom. The third kappa shape index (κ3) is 4.88. The Hall–Kier alpha value is -2.91. The van der Waals surface area contributed by atoms with Crippen LogP contribution in [0.4, 0.5) is 5.69 Å². The van der Waals surface area contributed by atoms with Crippen LogP contribution in [-0.4, -0.2) is 47.1 Å². The van der Waals surface area contributed by atoms with E-state index in [2.05, 4.69) is 9.71 Å². The van der Waals surface area contributed by atoms with E-state index in [-0.39, 0.29) is 0 Å². The summed E-state index contributed by atoms with van der Waals surface area (Å²) in [5, 5.41) is 1.18. The zero-order valence-electron chi connectivity index (χ0n) is 17.6. The molecule has 0 bridgehead atoms. The van der Waals surface area contributed by atoms with Gasteiger partial charge < -0.3 is 18.9 Å². The Balaban J connectivity index is 2.16. The minimum atomic E-state index is -3.73. The van der Waals surface area contributed by atoms with Gasteiger partial charge in [0, 0.05) is 24.1 Å². The number of rotatable bonds is 9. The smallest absolute Gasteiger partial charge is 0.246 e. The number of benzene rings is 2. The van der Waals surface area contributed by atoms with Gasteiger partial charge in [0.05, 0.1) is 39.8 Å². The highest BCUT2D eigenvalue weighted by Gasteiger charge is 2.18. The number of ether oxygens (including phenoxy) is 4. The molecule has 0 unspecified atom stereocenters. The van der Waals surface area contributed by atoms with Gasteiger partial charge in [-0.15, -0.1) is 11.6 Å². The molecule has 0 saturated heterocycles. The number of nitrogens with zero attached hydrogens (tertiary/aromatic N) is 1. The standard InChI is InChI=1S/C21H23ClN2O6S/c1-27-18-8-13-5-6-23-17(15(13)10-20(18)29-3)7-14-9-19(28-2)21(30-4)11-16(14)24-31(25,26)12-22/h5-6,8-11,24H,7,12H2,1-4H3. The molecule has 3 aromatic rings. The molecule has 1 aromatic heterocycles. The lowest BCUT2D eigenvalue weighted by molar-refractivity contribution is 0.355. The van der Waals surface area contributed by atoms with Crippen molar-refractivity contribution in [2.75, 3.05) is 38.4 Å². The molecule has 0 amide bonds. The van der Waals surface area contributed by atoms with E-state index < -0.39 is 15.2 Å². The van der Waals surface area contributed by atoms with E-state index >= 15 is 0 Å². The molecule has 2 aromatic carbocycles. The van der Waals surface area contributed by atoms with Crippen molar-refractivity contribution in [2.24, 2.45) is 0 Å². The number of anilines is 1. The Morgan fingerprint density at radius 1 is 0.903 bits per heavy atom. The van der Waals surface area contributed by atoms with Crippen molar-refractivity contribution in [2.45, 2.75) is 6.42 Å². The van der Waals surface area contributed by atoms with Crippen LogP contribution >= 0.6 is 11.6 Å². The summed E-state index contributed by atoms with van der Waals surface area (Å²) in [6, 6.07) is 8.86. The fourth-order valence-electron chi connectivity index (χ4n) is 3.24. The molecule has 1 heterocycles. The third-order valence-corrected chi connectivity index (χ3v) is 6.41. The van der Waals surface area contributed by atoms with E-state index in [9.17, 15) is 8.42 Å². The first-order chi connectivity index (χ1) is 14.8. The Morgan fingerprint density at radius 3 is 2.10 bits per heavy atom. The van der Waals surface area contributed by atoms with Crippen molar-refractivity contribution in [3.8, 4) is 23.0 Å². The minimum Gasteiger partial charge on any atom is -0.493 e. The van der Waals surface area contributed by atoms with E-state index in [1.54, 1.807) is 32.5 Å². The summed E-state index contributed by atoms with van der Waals surface area (Å²) in [4.78, 5) is 4.52. The van der Waals surface area contributed by atoms with Gasteiger partial charge >= 0.3 is 0 Å². The molecule has 3 rings (SSSR count). The van der Waals surface area contributed by atoms with E-state index in [4.69, 9.17) is 30.5 Å². The van der Waals surface area contributed by atoms with Crippen molar-refractivity contribution in [1.29, 1.82) is 0 Å². The lowest BCUT2D eigenvalue weighted by Crippen LogP contribution is -2.15. The molecule has 0 atom stereocenters. The second kappa shape index (κ2) is 9.49. The summed E-state index contributed by atoms with van der Waals surface area (Å²) in [7, 11) is 2.39. The highest BCUT2D eigenvalue weighted by molar-refractivity contribution is 7.93. The summed E-state index contributed by atoms with van der Waals surface area (Å²) in [5.41, 5.74) is 1.69. The summed E-state index contributed by atoms with van der Waals surface area (Å²) in [6.07, 6.45) is 2.00. The molecule has 10 heteroatoms. The zero-order chi connectivity index (χ0) is 22.6. The van der Waals surface area contributed by atoms with Crippen LogP contribution in [-0.2, 0) is 16.4 Å². The van der Waals surface area contributed by atoms with Gasteiger partial charge in [-0.2, -0.15) is 0 Å². The molecule has 8 nitrogen and oxygen atoms in total. The van der Waals surface area contributed by atoms with Crippen LogP contribution in [0, 0.1) is 0 Å². The number of hydrogen-bond acceptors (Lipinski definition) is 7. The lowest BCUT2D eigenvalue weighted by Gasteiger charge is -2.17. The molecule has 0 aliphatic rings. The number of nitrogens with one attached hydrogen (secondary N) is 1. The minimum absolute atomic E-state index is 0.313. The SMILES string of the molecule is COc1cc(Cc2nccc3cc(OC)c(OC)cc23)c(NS(=O)(=O)CCl)cc1OC. The van der Waals surface area contributed by atoms with Gasteiger partial charge in [0.25, 0.3) is 0 Å². The Bertz CT molecular complexity index is 1200. The van der Waals surface area contributed by atoms with Gasteiger partial charge in [-0.3, -0.25) is 9.71 Å². The van der Waals surface area contributed by atoms with Crippen LogP contribution in [0.5, 0.6) is 23.0 Å². The molecule has 0 fully saturated rings. The molecule has 0 spiro atoms. The maximum absolute atomic E-state index is 12.1. The van der Waals surface area contributed by atoms with E-state index in [0.29, 0.717) is 40.7 Å². The van der Waals surface area contributed by atoms with Crippen molar-refractivity contribution >= 4 is 38.1 Å². The highest BCUT2D eigenvalue weighted by Crippen LogP contribution is 2.37. The number of halogens is 1. The van der Waals surface area contributed by atoms with Crippen LogP contribution in [0.1, 0.15) is 11.3 Å². The number of sulfonamides is 1. The lowest BCUT2D eigenvalue weighted by atomic mass is 10.0. The topological polar surface area (TPSA) is 96.0 Å². The van der Waals surface area contributed by atoms with Crippen molar-refractivity contribution in [3.05, 3.63) is 47.8 Å². The molecule has 31 heavy (non-hydrogen) atoms. The van der Waals surface area contributed by atoms with Gasteiger partial charge in [0.15, 0.2) is 23.0 Å². The molecule has 0 aliphatic heterocycles. The van der Waals surface area contributed by atoms with Gasteiger partial charge in [-0.05, 0) is 35.2 Å². The monoisotopic (exact) mass is 466 g/mol. The summed E-state index contributed by atoms with van der Waals surface area (Å²) in [6.45, 7) is 0. The second-order valence-corrected chi connectivity index (χ2v) is 8.86. The first-order valence-corrected chi connectivity index (χ1v) is 11.3. The average Bonchev–Trinajstić information content (AvgIpc) is 2.78. The maximum Gasteiger partial charge on any atom is 0.246 e. The van der Waals surface area contributed by atoms with E-state index in [1.165, 1.54) is 14.2 Å². The maximum atomic E-state index is 12.1. The first-order valence-electron chi connectivity index (χ1n) is 9.16. The van der Waals surface area contributed by atoms with Crippen molar-refractivity contribution in [1.82, 2.24) is 4.98 Å². The van der Waals surface area contributed by atoms with Crippen LogP contribution in [0.15, 0.2) is 36.5 Å². The van der Waals surface area contributed by atoms with Gasteiger partial charge in [-0.25, -0.2) is 8.42 Å². The predicted molar refractivity (Wildman–Crippen MR) is 120 cm³/mol. The van der Waals surface area contributed by atoms with Crippen LogP contribution in [0.25, 0.3) is 10.8 Å². The van der Waals surface area contributed by atoms with Gasteiger partial charge in [0.1, 0.15) is 5.21 Å². The molecular formula is C21H23ClN2O6S. The second-order valence-electron chi connectivity index (χ2n) is 6.55. The molecule has 0 aliphatic carbocycles. The molecular weight excluding hydrogens is 444 g/mol. The van der Waals surface area contributed by atoms with Crippen molar-refractivity contribution in [3.63, 3.8) is 0 Å². The quantitative estimate of drug-likeness (QED) is 0.479.